The Balaban J connectivity index is 1.42. The van der Waals surface area contributed by atoms with Crippen molar-refractivity contribution < 1.29 is 9.59 Å². The summed E-state index contributed by atoms with van der Waals surface area (Å²) < 4.78 is 0. The van der Waals surface area contributed by atoms with Crippen molar-refractivity contribution in [3.05, 3.63) is 48.0 Å². The molecule has 0 aliphatic carbocycles. The third-order valence-corrected chi connectivity index (χ3v) is 6.22. The van der Waals surface area contributed by atoms with Crippen molar-refractivity contribution in [2.75, 3.05) is 34.4 Å². The van der Waals surface area contributed by atoms with Crippen molar-refractivity contribution in [1.29, 1.82) is 0 Å². The van der Waals surface area contributed by atoms with Crippen LogP contribution in [0.3, 0.4) is 0 Å². The highest BCUT2D eigenvalue weighted by molar-refractivity contribution is 8.00. The van der Waals surface area contributed by atoms with Crippen LogP contribution in [0.5, 0.6) is 0 Å². The summed E-state index contributed by atoms with van der Waals surface area (Å²) in [5.41, 5.74) is 3.21. The predicted molar refractivity (Wildman–Crippen MR) is 111 cm³/mol. The highest BCUT2D eigenvalue weighted by atomic mass is 32.2. The number of anilines is 3. The summed E-state index contributed by atoms with van der Waals surface area (Å²) in [6.07, 6.45) is 2.46. The molecule has 2 aliphatic rings. The van der Waals surface area contributed by atoms with Gasteiger partial charge >= 0.3 is 0 Å². The number of piperidine rings is 1. The van der Waals surface area contributed by atoms with E-state index in [4.69, 9.17) is 0 Å². The van der Waals surface area contributed by atoms with Gasteiger partial charge in [0, 0.05) is 34.9 Å². The van der Waals surface area contributed by atoms with E-state index in [0.29, 0.717) is 17.0 Å². The minimum Gasteiger partial charge on any atom is -0.372 e. The van der Waals surface area contributed by atoms with Gasteiger partial charge in [-0.05, 0) is 61.2 Å². The van der Waals surface area contributed by atoms with Gasteiger partial charge < -0.3 is 15.5 Å². The van der Waals surface area contributed by atoms with Crippen LogP contribution < -0.4 is 15.5 Å². The van der Waals surface area contributed by atoms with Crippen LogP contribution in [0.25, 0.3) is 0 Å². The van der Waals surface area contributed by atoms with Gasteiger partial charge in [0.1, 0.15) is 0 Å². The van der Waals surface area contributed by atoms with E-state index in [0.717, 1.165) is 29.6 Å². The van der Waals surface area contributed by atoms with E-state index in [2.05, 4.69) is 34.6 Å². The van der Waals surface area contributed by atoms with Crippen molar-refractivity contribution in [2.45, 2.75) is 24.7 Å². The first-order chi connectivity index (χ1) is 13.1. The summed E-state index contributed by atoms with van der Waals surface area (Å²) in [6.45, 7) is 4.48. The number of benzene rings is 2. The molecule has 2 aromatic carbocycles. The molecule has 4 rings (SSSR count). The Morgan fingerprint density at radius 2 is 1.89 bits per heavy atom. The van der Waals surface area contributed by atoms with E-state index in [1.54, 1.807) is 12.1 Å². The maximum atomic E-state index is 12.6. The number of carbonyl (C=O) groups excluding carboxylic acids is 2. The molecule has 0 saturated carbocycles. The van der Waals surface area contributed by atoms with Crippen molar-refractivity contribution in [3.63, 3.8) is 0 Å². The number of hydrogen-bond donors (Lipinski definition) is 2. The number of rotatable bonds is 3. The van der Waals surface area contributed by atoms with Gasteiger partial charge in [0.05, 0.1) is 11.4 Å². The topological polar surface area (TPSA) is 61.4 Å². The molecule has 2 N–H and O–H groups in total. The number of nitrogens with one attached hydrogen (secondary N) is 2. The quantitative estimate of drug-likeness (QED) is 0.836. The second-order valence-corrected chi connectivity index (χ2v) is 8.24. The van der Waals surface area contributed by atoms with Crippen LogP contribution in [-0.4, -0.2) is 30.7 Å². The maximum absolute atomic E-state index is 12.6. The smallest absolute Gasteiger partial charge is 0.255 e. The molecule has 0 radical (unpaired) electrons. The molecule has 0 aromatic heterocycles. The molecule has 2 aliphatic heterocycles. The number of nitrogens with zero attached hydrogens (tertiary/aromatic N) is 1. The first kappa shape index (κ1) is 17.9. The number of hydrogen-bond acceptors (Lipinski definition) is 4. The van der Waals surface area contributed by atoms with Crippen molar-refractivity contribution in [1.82, 2.24) is 0 Å². The largest absolute Gasteiger partial charge is 0.372 e. The van der Waals surface area contributed by atoms with Crippen LogP contribution in [0.1, 0.15) is 30.1 Å². The fourth-order valence-electron chi connectivity index (χ4n) is 3.45. The molecular formula is C21H23N3O2S. The van der Waals surface area contributed by atoms with Crippen LogP contribution in [0.15, 0.2) is 47.4 Å². The van der Waals surface area contributed by atoms with Gasteiger partial charge in [-0.15, -0.1) is 11.8 Å². The molecule has 0 unspecified atom stereocenters. The predicted octanol–water partition coefficient (Wildman–Crippen LogP) is 4.22. The van der Waals surface area contributed by atoms with Gasteiger partial charge in [-0.2, -0.15) is 0 Å². The van der Waals surface area contributed by atoms with E-state index in [1.807, 2.05) is 18.2 Å². The Labute approximate surface area is 163 Å². The summed E-state index contributed by atoms with van der Waals surface area (Å²) in [6, 6.07) is 13.4. The minimum absolute atomic E-state index is 0.0345. The zero-order chi connectivity index (χ0) is 18.8. The normalized spacial score (nSPS) is 17.2. The summed E-state index contributed by atoms with van der Waals surface area (Å²) in [7, 11) is 0. The molecule has 0 spiro atoms. The molecule has 140 valence electrons. The lowest BCUT2D eigenvalue weighted by molar-refractivity contribution is -0.113. The Kier molecular flexibility index (Phi) is 5.07. The monoisotopic (exact) mass is 381 g/mol. The lowest BCUT2D eigenvalue weighted by atomic mass is 9.99. The zero-order valence-electron chi connectivity index (χ0n) is 15.3. The number of carbonyl (C=O) groups is 2. The van der Waals surface area contributed by atoms with Crippen LogP contribution in [0.2, 0.25) is 0 Å². The average molecular weight is 382 g/mol. The van der Waals surface area contributed by atoms with E-state index in [-0.39, 0.29) is 11.8 Å². The first-order valence-electron chi connectivity index (χ1n) is 9.31. The van der Waals surface area contributed by atoms with E-state index in [9.17, 15) is 9.59 Å². The van der Waals surface area contributed by atoms with Gasteiger partial charge in [-0.25, -0.2) is 0 Å². The Morgan fingerprint density at radius 1 is 1.15 bits per heavy atom. The van der Waals surface area contributed by atoms with Crippen molar-refractivity contribution in [3.8, 4) is 0 Å². The van der Waals surface area contributed by atoms with Gasteiger partial charge in [0.2, 0.25) is 5.91 Å². The van der Waals surface area contributed by atoms with Crippen LogP contribution in [-0.2, 0) is 4.79 Å². The fraction of sp³-hybridized carbons (Fsp3) is 0.333. The molecule has 27 heavy (non-hydrogen) atoms. The lowest BCUT2D eigenvalue weighted by Gasteiger charge is -2.32. The number of amides is 2. The van der Waals surface area contributed by atoms with E-state index < -0.39 is 0 Å². The Morgan fingerprint density at radius 3 is 2.63 bits per heavy atom. The fourth-order valence-corrected chi connectivity index (χ4v) is 4.24. The second kappa shape index (κ2) is 7.64. The molecule has 0 atom stereocenters. The van der Waals surface area contributed by atoms with Crippen LogP contribution in [0, 0.1) is 5.92 Å². The average Bonchev–Trinajstić information content (AvgIpc) is 2.68. The lowest BCUT2D eigenvalue weighted by Crippen LogP contribution is -2.32. The molecule has 2 amide bonds. The summed E-state index contributed by atoms with van der Waals surface area (Å²) in [5, 5.41) is 5.76. The molecule has 2 aromatic rings. The zero-order valence-corrected chi connectivity index (χ0v) is 16.1. The molecule has 0 bridgehead atoms. The molecule has 5 nitrogen and oxygen atoms in total. The standard InChI is InChI=1S/C21H23N3O2S/c1-14-8-10-24(11-9-14)17-5-3-16(4-6-17)22-21(26)15-2-7-19-18(12-15)23-20(25)13-27-19/h2-7,12,14H,8-11,13H2,1H3,(H,22,26)(H,23,25). The highest BCUT2D eigenvalue weighted by Gasteiger charge is 2.18. The van der Waals surface area contributed by atoms with Crippen molar-refractivity contribution >= 4 is 40.6 Å². The Bertz CT molecular complexity index is 858. The SMILES string of the molecule is CC1CCN(c2ccc(NC(=O)c3ccc4c(c3)NC(=O)CS4)cc2)CC1. The van der Waals surface area contributed by atoms with Crippen LogP contribution in [0.4, 0.5) is 17.1 Å². The molecule has 6 heteroatoms. The number of fused-ring (bicyclic) bond motifs is 1. The minimum atomic E-state index is -0.179. The third-order valence-electron chi connectivity index (χ3n) is 5.15. The van der Waals surface area contributed by atoms with Gasteiger partial charge in [-0.3, -0.25) is 9.59 Å². The third kappa shape index (κ3) is 4.11. The van der Waals surface area contributed by atoms with E-state index in [1.165, 1.54) is 30.3 Å². The van der Waals surface area contributed by atoms with E-state index >= 15 is 0 Å². The van der Waals surface area contributed by atoms with Crippen LogP contribution >= 0.6 is 11.8 Å². The Hall–Kier alpha value is -2.47. The summed E-state index contributed by atoms with van der Waals surface area (Å²) in [4.78, 5) is 27.5. The summed E-state index contributed by atoms with van der Waals surface area (Å²) >= 11 is 1.49. The molecular weight excluding hydrogens is 358 g/mol. The van der Waals surface area contributed by atoms with Gasteiger partial charge in [-0.1, -0.05) is 6.92 Å². The highest BCUT2D eigenvalue weighted by Crippen LogP contribution is 2.32. The van der Waals surface area contributed by atoms with Gasteiger partial charge in [0.15, 0.2) is 0 Å². The number of thioether (sulfide) groups is 1. The van der Waals surface area contributed by atoms with Gasteiger partial charge in [0.25, 0.3) is 5.91 Å². The first-order valence-corrected chi connectivity index (χ1v) is 10.3. The molecule has 2 heterocycles. The van der Waals surface area contributed by atoms with Crippen molar-refractivity contribution in [2.24, 2.45) is 5.92 Å². The maximum Gasteiger partial charge on any atom is 0.255 e. The molecule has 1 fully saturated rings. The summed E-state index contributed by atoms with van der Waals surface area (Å²) in [5.74, 6) is 1.01. The second-order valence-electron chi connectivity index (χ2n) is 7.22. The molecule has 1 saturated heterocycles.